The molecule has 3 nitrogen and oxygen atoms in total. The van der Waals surface area contributed by atoms with E-state index in [9.17, 15) is 9.59 Å². The van der Waals surface area contributed by atoms with Crippen LogP contribution in [0.25, 0.3) is 0 Å². The lowest BCUT2D eigenvalue weighted by Crippen LogP contribution is -2.37. The highest BCUT2D eigenvalue weighted by atomic mass is 32.2. The summed E-state index contributed by atoms with van der Waals surface area (Å²) in [6.45, 7) is 5.37. The van der Waals surface area contributed by atoms with Crippen LogP contribution in [-0.2, 0) is 16.0 Å². The second kappa shape index (κ2) is 4.18. The Hall–Kier alpha value is -1.29. The molecule has 4 heteroatoms. The molecule has 1 heterocycles. The number of rotatable bonds is 2. The third-order valence-corrected chi connectivity index (χ3v) is 3.91. The third kappa shape index (κ3) is 2.52. The van der Waals surface area contributed by atoms with Crippen molar-refractivity contribution in [3.8, 4) is 0 Å². The van der Waals surface area contributed by atoms with Gasteiger partial charge in [-0.15, -0.1) is 11.8 Å². The van der Waals surface area contributed by atoms with E-state index < -0.39 is 4.75 Å². The van der Waals surface area contributed by atoms with Gasteiger partial charge in [0.2, 0.25) is 5.91 Å². The van der Waals surface area contributed by atoms with Crippen LogP contribution in [0.2, 0.25) is 0 Å². The fourth-order valence-electron chi connectivity index (χ4n) is 1.75. The van der Waals surface area contributed by atoms with Gasteiger partial charge in [-0.05, 0) is 38.5 Å². The minimum atomic E-state index is -0.457. The lowest BCUT2D eigenvalue weighted by Gasteiger charge is -2.29. The molecule has 0 saturated carbocycles. The van der Waals surface area contributed by atoms with Crippen LogP contribution in [0.4, 0.5) is 5.69 Å². The summed E-state index contributed by atoms with van der Waals surface area (Å²) in [6, 6.07) is 5.75. The topological polar surface area (TPSA) is 46.2 Å². The molecular weight excluding hydrogens is 234 g/mol. The molecule has 0 bridgehead atoms. The lowest BCUT2D eigenvalue weighted by molar-refractivity contribution is -0.118. The molecule has 17 heavy (non-hydrogen) atoms. The van der Waals surface area contributed by atoms with Gasteiger partial charge >= 0.3 is 0 Å². The predicted molar refractivity (Wildman–Crippen MR) is 69.4 cm³/mol. The minimum Gasteiger partial charge on any atom is -0.324 e. The first-order valence-electron chi connectivity index (χ1n) is 5.51. The molecule has 0 radical (unpaired) electrons. The summed E-state index contributed by atoms with van der Waals surface area (Å²) in [5.41, 5.74) is 1.84. The standard InChI is InChI=1S/C13H15NO2S/c1-8(15)6-9-4-5-10-11(7-9)17-13(2,3)12(16)14-10/h4-5,7H,6H2,1-3H3,(H,14,16). The van der Waals surface area contributed by atoms with E-state index in [0.29, 0.717) is 6.42 Å². The summed E-state index contributed by atoms with van der Waals surface area (Å²) >= 11 is 1.54. The van der Waals surface area contributed by atoms with E-state index in [1.54, 1.807) is 18.7 Å². The molecule has 0 saturated heterocycles. The Morgan fingerprint density at radius 3 is 2.76 bits per heavy atom. The van der Waals surface area contributed by atoms with Crippen molar-refractivity contribution in [3.05, 3.63) is 23.8 Å². The normalized spacial score (nSPS) is 17.2. The zero-order chi connectivity index (χ0) is 12.6. The van der Waals surface area contributed by atoms with Crippen molar-refractivity contribution < 1.29 is 9.59 Å². The van der Waals surface area contributed by atoms with Crippen LogP contribution in [0.15, 0.2) is 23.1 Å². The van der Waals surface area contributed by atoms with Crippen LogP contribution < -0.4 is 5.32 Å². The Morgan fingerprint density at radius 1 is 1.41 bits per heavy atom. The summed E-state index contributed by atoms with van der Waals surface area (Å²) in [7, 11) is 0. The summed E-state index contributed by atoms with van der Waals surface area (Å²) < 4.78 is -0.457. The largest absolute Gasteiger partial charge is 0.324 e. The van der Waals surface area contributed by atoms with E-state index >= 15 is 0 Å². The maximum Gasteiger partial charge on any atom is 0.240 e. The van der Waals surface area contributed by atoms with E-state index in [4.69, 9.17) is 0 Å². The van der Waals surface area contributed by atoms with Crippen LogP contribution in [-0.4, -0.2) is 16.4 Å². The molecule has 0 spiro atoms. The predicted octanol–water partition coefficient (Wildman–Crippen LogP) is 2.64. The zero-order valence-electron chi connectivity index (χ0n) is 10.2. The molecule has 0 aliphatic carbocycles. The van der Waals surface area contributed by atoms with Crippen LogP contribution in [0.1, 0.15) is 26.3 Å². The molecule has 1 aromatic rings. The van der Waals surface area contributed by atoms with Crippen molar-refractivity contribution in [1.29, 1.82) is 0 Å². The summed E-state index contributed by atoms with van der Waals surface area (Å²) in [6.07, 6.45) is 0.447. The quantitative estimate of drug-likeness (QED) is 0.876. The Morgan fingerprint density at radius 2 is 2.12 bits per heavy atom. The van der Waals surface area contributed by atoms with Gasteiger partial charge < -0.3 is 5.32 Å². The van der Waals surface area contributed by atoms with Crippen molar-refractivity contribution in [2.75, 3.05) is 5.32 Å². The zero-order valence-corrected chi connectivity index (χ0v) is 11.0. The number of fused-ring (bicyclic) bond motifs is 1. The molecule has 1 aliphatic rings. The average molecular weight is 249 g/mol. The SMILES string of the molecule is CC(=O)Cc1ccc2c(c1)SC(C)(C)C(=O)N2. The maximum atomic E-state index is 11.8. The number of Topliss-reactive ketones (excluding diaryl/α,β-unsaturated/α-hetero) is 1. The number of nitrogens with one attached hydrogen (secondary N) is 1. The third-order valence-electron chi connectivity index (χ3n) is 2.66. The summed E-state index contributed by atoms with van der Waals surface area (Å²) in [4.78, 5) is 23.9. The molecule has 0 fully saturated rings. The van der Waals surface area contributed by atoms with Crippen molar-refractivity contribution >= 4 is 29.1 Å². The van der Waals surface area contributed by atoms with Crippen molar-refractivity contribution in [1.82, 2.24) is 0 Å². The molecule has 2 rings (SSSR count). The van der Waals surface area contributed by atoms with Crippen LogP contribution in [0, 0.1) is 0 Å². The molecule has 0 atom stereocenters. The smallest absolute Gasteiger partial charge is 0.240 e. The van der Waals surface area contributed by atoms with Crippen LogP contribution >= 0.6 is 11.8 Å². The number of carbonyl (C=O) groups is 2. The molecule has 1 amide bonds. The monoisotopic (exact) mass is 249 g/mol. The molecular formula is C13H15NO2S. The van der Waals surface area contributed by atoms with Gasteiger partial charge in [0, 0.05) is 11.3 Å². The van der Waals surface area contributed by atoms with Gasteiger partial charge in [-0.3, -0.25) is 9.59 Å². The Balaban J connectivity index is 2.34. The first kappa shape index (κ1) is 12.2. The fraction of sp³-hybridized carbons (Fsp3) is 0.385. The highest BCUT2D eigenvalue weighted by Gasteiger charge is 2.34. The van der Waals surface area contributed by atoms with Crippen LogP contribution in [0.5, 0.6) is 0 Å². The number of benzene rings is 1. The average Bonchev–Trinajstić information content (AvgIpc) is 2.18. The Kier molecular flexibility index (Phi) is 3.00. The Bertz CT molecular complexity index is 494. The molecule has 0 aromatic heterocycles. The van der Waals surface area contributed by atoms with E-state index in [0.717, 1.165) is 16.1 Å². The lowest BCUT2D eigenvalue weighted by atomic mass is 10.1. The van der Waals surface area contributed by atoms with Gasteiger partial charge in [-0.2, -0.15) is 0 Å². The van der Waals surface area contributed by atoms with Gasteiger partial charge in [0.1, 0.15) is 5.78 Å². The number of carbonyl (C=O) groups excluding carboxylic acids is 2. The van der Waals surface area contributed by atoms with Crippen LogP contribution in [0.3, 0.4) is 0 Å². The second-order valence-corrected chi connectivity index (χ2v) is 6.44. The van der Waals surface area contributed by atoms with Gasteiger partial charge in [-0.25, -0.2) is 0 Å². The van der Waals surface area contributed by atoms with E-state index in [-0.39, 0.29) is 11.7 Å². The number of thioether (sulfide) groups is 1. The highest BCUT2D eigenvalue weighted by molar-refractivity contribution is 8.01. The number of hydrogen-bond acceptors (Lipinski definition) is 3. The van der Waals surface area contributed by atoms with Gasteiger partial charge in [0.05, 0.1) is 10.4 Å². The first-order valence-corrected chi connectivity index (χ1v) is 6.33. The summed E-state index contributed by atoms with van der Waals surface area (Å²) in [5, 5.41) is 2.89. The molecule has 0 unspecified atom stereocenters. The highest BCUT2D eigenvalue weighted by Crippen LogP contribution is 2.42. The molecule has 1 N–H and O–H groups in total. The van der Waals surface area contributed by atoms with Crippen molar-refractivity contribution in [2.24, 2.45) is 0 Å². The fourth-order valence-corrected chi connectivity index (χ4v) is 2.88. The number of hydrogen-bond donors (Lipinski definition) is 1. The summed E-state index contributed by atoms with van der Waals surface area (Å²) in [5.74, 6) is 0.170. The van der Waals surface area contributed by atoms with E-state index in [1.807, 2.05) is 32.0 Å². The molecule has 1 aromatic carbocycles. The number of anilines is 1. The second-order valence-electron chi connectivity index (χ2n) is 4.78. The van der Waals surface area contributed by atoms with Crippen molar-refractivity contribution in [2.45, 2.75) is 36.8 Å². The number of ketones is 1. The number of amides is 1. The van der Waals surface area contributed by atoms with Gasteiger partial charge in [-0.1, -0.05) is 6.07 Å². The van der Waals surface area contributed by atoms with Gasteiger partial charge in [0.25, 0.3) is 0 Å². The molecule has 90 valence electrons. The van der Waals surface area contributed by atoms with E-state index in [1.165, 1.54) is 0 Å². The first-order chi connectivity index (χ1) is 7.88. The maximum absolute atomic E-state index is 11.8. The van der Waals surface area contributed by atoms with Crippen molar-refractivity contribution in [3.63, 3.8) is 0 Å². The Labute approximate surface area is 105 Å². The molecule has 1 aliphatic heterocycles. The van der Waals surface area contributed by atoms with E-state index in [2.05, 4.69) is 5.32 Å². The van der Waals surface area contributed by atoms with Gasteiger partial charge in [0.15, 0.2) is 0 Å². The minimum absolute atomic E-state index is 0.0225.